The summed E-state index contributed by atoms with van der Waals surface area (Å²) in [5, 5.41) is 0.625. The van der Waals surface area contributed by atoms with E-state index >= 15 is 0 Å². The van der Waals surface area contributed by atoms with Crippen LogP contribution in [0.4, 0.5) is 0 Å². The van der Waals surface area contributed by atoms with E-state index in [1.165, 1.54) is 0 Å². The zero-order valence-corrected chi connectivity index (χ0v) is 13.7. The number of hydrogen-bond donors (Lipinski definition) is 0. The molecule has 5 heteroatoms. The summed E-state index contributed by atoms with van der Waals surface area (Å²) in [5.41, 5.74) is 0.0506. The van der Waals surface area contributed by atoms with Crippen LogP contribution in [-0.2, 0) is 9.31 Å². The van der Waals surface area contributed by atoms with Gasteiger partial charge in [0.2, 0.25) is 0 Å². The first-order valence-corrected chi connectivity index (χ1v) is 7.32. The van der Waals surface area contributed by atoms with E-state index in [1.54, 1.807) is 0 Å². The Balaban J connectivity index is 2.30. The van der Waals surface area contributed by atoms with Crippen molar-refractivity contribution in [1.29, 1.82) is 0 Å². The quantitative estimate of drug-likeness (QED) is 0.800. The topological polar surface area (TPSA) is 27.7 Å². The summed E-state index contributed by atoms with van der Waals surface area (Å²) in [7, 11) is -0.469. The Labute approximate surface area is 126 Å². The fraction of sp³-hybridized carbons (Fsp3) is 0.600. The maximum Gasteiger partial charge on any atom is 0.496 e. The highest BCUT2D eigenvalue weighted by atomic mass is 35.5. The molecule has 110 valence electrons. The Morgan fingerprint density at radius 3 is 2.15 bits per heavy atom. The van der Waals surface area contributed by atoms with Gasteiger partial charge >= 0.3 is 7.12 Å². The van der Waals surface area contributed by atoms with Gasteiger partial charge in [-0.15, -0.1) is 0 Å². The molecule has 0 unspecified atom stereocenters. The number of halogens is 1. The molecular formula is C15H22BClO3. The van der Waals surface area contributed by atoms with Crippen molar-refractivity contribution >= 4 is 24.2 Å². The lowest BCUT2D eigenvalue weighted by Crippen LogP contribution is -2.41. The molecule has 1 aromatic carbocycles. The lowest BCUT2D eigenvalue weighted by molar-refractivity contribution is 0.00578. The van der Waals surface area contributed by atoms with Gasteiger partial charge in [0.1, 0.15) is 5.75 Å². The van der Waals surface area contributed by atoms with E-state index in [4.69, 9.17) is 25.6 Å². The van der Waals surface area contributed by atoms with E-state index in [-0.39, 0.29) is 17.3 Å². The first-order valence-electron chi connectivity index (χ1n) is 6.94. The molecule has 0 radical (unpaired) electrons. The van der Waals surface area contributed by atoms with Gasteiger partial charge in [0.05, 0.1) is 17.3 Å². The minimum Gasteiger partial charge on any atom is -0.491 e. The molecule has 0 aromatic heterocycles. The molecule has 0 aliphatic carbocycles. The van der Waals surface area contributed by atoms with E-state index in [0.29, 0.717) is 5.02 Å². The third kappa shape index (κ3) is 2.97. The van der Waals surface area contributed by atoms with Crippen molar-refractivity contribution in [2.24, 2.45) is 0 Å². The average molecular weight is 297 g/mol. The molecule has 0 saturated carbocycles. The zero-order valence-electron chi connectivity index (χ0n) is 13.0. The van der Waals surface area contributed by atoms with Crippen LogP contribution in [-0.4, -0.2) is 24.4 Å². The summed E-state index contributed by atoms with van der Waals surface area (Å²) in [5.74, 6) is 0.772. The number of rotatable bonds is 3. The van der Waals surface area contributed by atoms with Gasteiger partial charge in [-0.05, 0) is 59.7 Å². The molecule has 0 amide bonds. The highest BCUT2D eigenvalue weighted by molar-refractivity contribution is 6.65. The Bertz CT molecular complexity index is 484. The van der Waals surface area contributed by atoms with Crippen LogP contribution in [0.2, 0.25) is 5.02 Å². The first-order chi connectivity index (χ1) is 9.12. The molecule has 1 aliphatic rings. The Kier molecular flexibility index (Phi) is 4.11. The largest absolute Gasteiger partial charge is 0.496 e. The van der Waals surface area contributed by atoms with Crippen molar-refractivity contribution in [1.82, 2.24) is 0 Å². The summed E-state index contributed by atoms with van der Waals surface area (Å²) in [6.45, 7) is 12.1. The van der Waals surface area contributed by atoms with Crippen molar-refractivity contribution in [3.05, 3.63) is 23.2 Å². The van der Waals surface area contributed by atoms with Gasteiger partial charge in [-0.2, -0.15) is 0 Å². The van der Waals surface area contributed by atoms with Gasteiger partial charge in [0, 0.05) is 10.5 Å². The second-order valence-corrected chi connectivity index (χ2v) is 6.85. The van der Waals surface area contributed by atoms with E-state index in [1.807, 2.05) is 59.7 Å². The van der Waals surface area contributed by atoms with Crippen LogP contribution in [0.15, 0.2) is 18.2 Å². The van der Waals surface area contributed by atoms with Gasteiger partial charge in [0.15, 0.2) is 0 Å². The Morgan fingerprint density at radius 1 is 1.10 bits per heavy atom. The molecule has 2 rings (SSSR count). The standard InChI is InChI=1S/C15H22BClO3/c1-10(2)18-11-7-8-13(17)12(9-11)16-19-14(3,4)15(5,6)20-16/h7-10H,1-6H3. The highest BCUT2D eigenvalue weighted by Gasteiger charge is 2.52. The van der Waals surface area contributed by atoms with Crippen molar-refractivity contribution in [3.8, 4) is 5.75 Å². The first kappa shape index (κ1) is 15.7. The van der Waals surface area contributed by atoms with Gasteiger partial charge in [-0.3, -0.25) is 0 Å². The summed E-state index contributed by atoms with van der Waals surface area (Å²) in [6.07, 6.45) is 0.113. The summed E-state index contributed by atoms with van der Waals surface area (Å²) in [6, 6.07) is 5.57. The average Bonchev–Trinajstić information content (AvgIpc) is 2.50. The van der Waals surface area contributed by atoms with Crippen molar-refractivity contribution < 1.29 is 14.0 Å². The third-order valence-electron chi connectivity index (χ3n) is 3.85. The van der Waals surface area contributed by atoms with Crippen LogP contribution in [0.25, 0.3) is 0 Å². The van der Waals surface area contributed by atoms with Crippen LogP contribution in [0, 0.1) is 0 Å². The summed E-state index contributed by atoms with van der Waals surface area (Å²) in [4.78, 5) is 0. The smallest absolute Gasteiger partial charge is 0.491 e. The van der Waals surface area contributed by atoms with Crippen LogP contribution >= 0.6 is 11.6 Å². The predicted molar refractivity (Wildman–Crippen MR) is 82.9 cm³/mol. The SMILES string of the molecule is CC(C)Oc1ccc(Cl)c(B2OC(C)(C)C(C)(C)O2)c1. The Hall–Kier alpha value is -0.705. The second-order valence-electron chi connectivity index (χ2n) is 6.44. The lowest BCUT2D eigenvalue weighted by Gasteiger charge is -2.32. The normalized spacial score (nSPS) is 20.5. The summed E-state index contributed by atoms with van der Waals surface area (Å²) >= 11 is 6.28. The van der Waals surface area contributed by atoms with E-state index in [0.717, 1.165) is 11.2 Å². The molecule has 1 aliphatic heterocycles. The molecule has 0 atom stereocenters. The van der Waals surface area contributed by atoms with Gasteiger partial charge in [-0.1, -0.05) is 11.6 Å². The molecule has 3 nitrogen and oxygen atoms in total. The van der Waals surface area contributed by atoms with Gasteiger partial charge < -0.3 is 14.0 Å². The molecule has 1 fully saturated rings. The van der Waals surface area contributed by atoms with E-state index in [9.17, 15) is 0 Å². The molecule has 0 N–H and O–H groups in total. The van der Waals surface area contributed by atoms with Gasteiger partial charge in [-0.25, -0.2) is 0 Å². The molecule has 0 spiro atoms. The predicted octanol–water partition coefficient (Wildman–Crippen LogP) is 3.43. The van der Waals surface area contributed by atoms with Crippen LogP contribution < -0.4 is 10.2 Å². The maximum atomic E-state index is 6.28. The molecule has 1 heterocycles. The molecule has 20 heavy (non-hydrogen) atoms. The molecular weight excluding hydrogens is 274 g/mol. The van der Waals surface area contributed by atoms with E-state index < -0.39 is 7.12 Å². The van der Waals surface area contributed by atoms with Gasteiger partial charge in [0.25, 0.3) is 0 Å². The van der Waals surface area contributed by atoms with Crippen LogP contribution in [0.5, 0.6) is 5.75 Å². The summed E-state index contributed by atoms with van der Waals surface area (Å²) < 4.78 is 17.8. The number of hydrogen-bond acceptors (Lipinski definition) is 3. The fourth-order valence-electron chi connectivity index (χ4n) is 2.02. The molecule has 1 aromatic rings. The van der Waals surface area contributed by atoms with Crippen molar-refractivity contribution in [2.45, 2.75) is 58.8 Å². The highest BCUT2D eigenvalue weighted by Crippen LogP contribution is 2.37. The number of ether oxygens (including phenoxy) is 1. The molecule has 0 bridgehead atoms. The minimum atomic E-state index is -0.469. The monoisotopic (exact) mass is 296 g/mol. The maximum absolute atomic E-state index is 6.28. The minimum absolute atomic E-state index is 0.113. The second kappa shape index (κ2) is 5.25. The lowest BCUT2D eigenvalue weighted by atomic mass is 9.79. The van der Waals surface area contributed by atoms with Crippen molar-refractivity contribution in [2.75, 3.05) is 0 Å². The van der Waals surface area contributed by atoms with E-state index in [2.05, 4.69) is 0 Å². The Morgan fingerprint density at radius 2 is 1.65 bits per heavy atom. The molecule has 1 saturated heterocycles. The van der Waals surface area contributed by atoms with Crippen LogP contribution in [0.3, 0.4) is 0 Å². The fourth-order valence-corrected chi connectivity index (χ4v) is 2.22. The number of benzene rings is 1. The third-order valence-corrected chi connectivity index (χ3v) is 4.19. The van der Waals surface area contributed by atoms with Crippen molar-refractivity contribution in [3.63, 3.8) is 0 Å². The van der Waals surface area contributed by atoms with Crippen LogP contribution in [0.1, 0.15) is 41.5 Å². The zero-order chi connectivity index (χ0) is 15.1.